The average molecular weight is 199 g/mol. The first-order valence-electron chi connectivity index (χ1n) is 5.61. The lowest BCUT2D eigenvalue weighted by Crippen LogP contribution is -2.27. The van der Waals surface area contributed by atoms with E-state index >= 15 is 0 Å². The standard InChI is InChI=1S/C11H21NO2/c1-3-12-8-9(2)11(13)14-7-6-10-4-5-10/h9-10,12H,3-8H2,1-2H3. The molecule has 1 saturated carbocycles. The molecule has 1 unspecified atom stereocenters. The highest BCUT2D eigenvalue weighted by Gasteiger charge is 2.22. The Balaban J connectivity index is 2.00. The van der Waals surface area contributed by atoms with Gasteiger partial charge in [-0.15, -0.1) is 0 Å². The molecule has 1 aliphatic carbocycles. The Bertz CT molecular complexity index is 178. The highest BCUT2D eigenvalue weighted by Crippen LogP contribution is 2.32. The fraction of sp³-hybridized carbons (Fsp3) is 0.909. The maximum absolute atomic E-state index is 11.4. The topological polar surface area (TPSA) is 38.3 Å². The third-order valence-corrected chi connectivity index (χ3v) is 2.57. The van der Waals surface area contributed by atoms with Crippen LogP contribution in [0.5, 0.6) is 0 Å². The van der Waals surface area contributed by atoms with Crippen molar-refractivity contribution in [3.05, 3.63) is 0 Å². The monoisotopic (exact) mass is 199 g/mol. The maximum Gasteiger partial charge on any atom is 0.309 e. The van der Waals surface area contributed by atoms with Crippen molar-refractivity contribution in [3.63, 3.8) is 0 Å². The van der Waals surface area contributed by atoms with Crippen molar-refractivity contribution < 1.29 is 9.53 Å². The van der Waals surface area contributed by atoms with E-state index in [9.17, 15) is 4.79 Å². The molecule has 0 spiro atoms. The van der Waals surface area contributed by atoms with Crippen LogP contribution in [0.4, 0.5) is 0 Å². The van der Waals surface area contributed by atoms with Crippen LogP contribution in [0.25, 0.3) is 0 Å². The zero-order chi connectivity index (χ0) is 10.4. The summed E-state index contributed by atoms with van der Waals surface area (Å²) in [6, 6.07) is 0. The summed E-state index contributed by atoms with van der Waals surface area (Å²) in [6.45, 7) is 6.17. The van der Waals surface area contributed by atoms with Gasteiger partial charge in [0.2, 0.25) is 0 Å². The summed E-state index contributed by atoms with van der Waals surface area (Å²) in [5, 5.41) is 3.14. The van der Waals surface area contributed by atoms with Crippen LogP contribution in [-0.2, 0) is 9.53 Å². The molecule has 3 nitrogen and oxygen atoms in total. The molecule has 0 bridgehead atoms. The Morgan fingerprint density at radius 3 is 2.86 bits per heavy atom. The van der Waals surface area contributed by atoms with E-state index < -0.39 is 0 Å². The SMILES string of the molecule is CCNCC(C)C(=O)OCCC1CC1. The van der Waals surface area contributed by atoms with Crippen molar-refractivity contribution in [3.8, 4) is 0 Å². The molecule has 1 fully saturated rings. The van der Waals surface area contributed by atoms with Gasteiger partial charge in [0.05, 0.1) is 12.5 Å². The number of esters is 1. The molecule has 1 rings (SSSR count). The summed E-state index contributed by atoms with van der Waals surface area (Å²) in [6.07, 6.45) is 3.70. The van der Waals surface area contributed by atoms with Crippen LogP contribution < -0.4 is 5.32 Å². The van der Waals surface area contributed by atoms with Crippen LogP contribution in [0, 0.1) is 11.8 Å². The van der Waals surface area contributed by atoms with E-state index in [2.05, 4.69) is 5.32 Å². The Hall–Kier alpha value is -0.570. The number of rotatable bonds is 7. The molecule has 82 valence electrons. The summed E-state index contributed by atoms with van der Waals surface area (Å²) in [5.41, 5.74) is 0. The maximum atomic E-state index is 11.4. The first kappa shape index (κ1) is 11.5. The fourth-order valence-corrected chi connectivity index (χ4v) is 1.32. The van der Waals surface area contributed by atoms with Gasteiger partial charge in [0, 0.05) is 6.54 Å². The van der Waals surface area contributed by atoms with Gasteiger partial charge in [0.15, 0.2) is 0 Å². The summed E-state index contributed by atoms with van der Waals surface area (Å²) >= 11 is 0. The van der Waals surface area contributed by atoms with E-state index in [1.807, 2.05) is 13.8 Å². The van der Waals surface area contributed by atoms with Gasteiger partial charge in [-0.1, -0.05) is 26.7 Å². The number of carbonyl (C=O) groups is 1. The molecule has 0 aliphatic heterocycles. The minimum atomic E-state index is -0.0633. The van der Waals surface area contributed by atoms with Crippen LogP contribution in [0.1, 0.15) is 33.1 Å². The van der Waals surface area contributed by atoms with Crippen LogP contribution in [0.15, 0.2) is 0 Å². The van der Waals surface area contributed by atoms with Gasteiger partial charge in [0.1, 0.15) is 0 Å². The molecule has 0 aromatic carbocycles. The van der Waals surface area contributed by atoms with Crippen LogP contribution >= 0.6 is 0 Å². The van der Waals surface area contributed by atoms with Gasteiger partial charge in [0.25, 0.3) is 0 Å². The zero-order valence-corrected chi connectivity index (χ0v) is 9.21. The Kier molecular flexibility index (Phi) is 4.94. The molecule has 0 heterocycles. The van der Waals surface area contributed by atoms with E-state index in [1.54, 1.807) is 0 Å². The molecule has 14 heavy (non-hydrogen) atoms. The van der Waals surface area contributed by atoms with E-state index in [0.29, 0.717) is 6.61 Å². The summed E-state index contributed by atoms with van der Waals surface area (Å²) < 4.78 is 5.17. The number of nitrogens with one attached hydrogen (secondary N) is 1. The van der Waals surface area contributed by atoms with Crippen LogP contribution in [0.2, 0.25) is 0 Å². The normalized spacial score (nSPS) is 17.9. The average Bonchev–Trinajstić information content (AvgIpc) is 2.97. The zero-order valence-electron chi connectivity index (χ0n) is 9.21. The predicted octanol–water partition coefficient (Wildman–Crippen LogP) is 1.58. The van der Waals surface area contributed by atoms with Gasteiger partial charge in [-0.3, -0.25) is 4.79 Å². The minimum Gasteiger partial charge on any atom is -0.465 e. The smallest absolute Gasteiger partial charge is 0.309 e. The van der Waals surface area contributed by atoms with Crippen molar-refractivity contribution in [2.24, 2.45) is 11.8 Å². The van der Waals surface area contributed by atoms with Gasteiger partial charge in [-0.25, -0.2) is 0 Å². The van der Waals surface area contributed by atoms with Gasteiger partial charge >= 0.3 is 5.97 Å². The highest BCUT2D eigenvalue weighted by molar-refractivity contribution is 5.72. The molecule has 1 atom stereocenters. The van der Waals surface area contributed by atoms with E-state index in [4.69, 9.17) is 4.74 Å². The Morgan fingerprint density at radius 1 is 1.57 bits per heavy atom. The van der Waals surface area contributed by atoms with E-state index in [-0.39, 0.29) is 11.9 Å². The van der Waals surface area contributed by atoms with Gasteiger partial charge in [-0.2, -0.15) is 0 Å². The first-order chi connectivity index (χ1) is 6.74. The highest BCUT2D eigenvalue weighted by atomic mass is 16.5. The third kappa shape index (κ3) is 4.61. The van der Waals surface area contributed by atoms with Gasteiger partial charge in [-0.05, 0) is 18.9 Å². The van der Waals surface area contributed by atoms with Gasteiger partial charge < -0.3 is 10.1 Å². The van der Waals surface area contributed by atoms with Crippen molar-refractivity contribution in [2.75, 3.05) is 19.7 Å². The summed E-state index contributed by atoms with van der Waals surface area (Å²) in [7, 11) is 0. The predicted molar refractivity (Wildman–Crippen MR) is 56.0 cm³/mol. The molecule has 0 aromatic rings. The molecule has 1 N–H and O–H groups in total. The Morgan fingerprint density at radius 2 is 2.29 bits per heavy atom. The molecule has 0 saturated heterocycles. The lowest BCUT2D eigenvalue weighted by atomic mass is 10.2. The van der Waals surface area contributed by atoms with Crippen LogP contribution in [0.3, 0.4) is 0 Å². The van der Waals surface area contributed by atoms with Crippen molar-refractivity contribution in [1.29, 1.82) is 0 Å². The number of hydrogen-bond donors (Lipinski definition) is 1. The van der Waals surface area contributed by atoms with Crippen molar-refractivity contribution in [2.45, 2.75) is 33.1 Å². The van der Waals surface area contributed by atoms with E-state index in [0.717, 1.165) is 25.4 Å². The lowest BCUT2D eigenvalue weighted by molar-refractivity contribution is -0.147. The van der Waals surface area contributed by atoms with Crippen molar-refractivity contribution in [1.82, 2.24) is 5.32 Å². The summed E-state index contributed by atoms with van der Waals surface area (Å²) in [5.74, 6) is 0.757. The first-order valence-corrected chi connectivity index (χ1v) is 5.61. The molecule has 3 heteroatoms. The van der Waals surface area contributed by atoms with Crippen LogP contribution in [-0.4, -0.2) is 25.7 Å². The quantitative estimate of drug-likeness (QED) is 0.633. The molecular formula is C11H21NO2. The van der Waals surface area contributed by atoms with E-state index in [1.165, 1.54) is 12.8 Å². The largest absolute Gasteiger partial charge is 0.465 e. The summed E-state index contributed by atoms with van der Waals surface area (Å²) in [4.78, 5) is 11.4. The second kappa shape index (κ2) is 6.02. The molecular weight excluding hydrogens is 178 g/mol. The number of carbonyl (C=O) groups excluding carboxylic acids is 1. The lowest BCUT2D eigenvalue weighted by Gasteiger charge is -2.11. The molecule has 0 radical (unpaired) electrons. The molecule has 0 aromatic heterocycles. The fourth-order valence-electron chi connectivity index (χ4n) is 1.32. The number of ether oxygens (including phenoxy) is 1. The second-order valence-electron chi connectivity index (χ2n) is 4.11. The minimum absolute atomic E-state index is 0.0193. The third-order valence-electron chi connectivity index (χ3n) is 2.57. The van der Waals surface area contributed by atoms with Crippen molar-refractivity contribution >= 4 is 5.97 Å². The Labute approximate surface area is 86.2 Å². The molecule has 0 amide bonds. The number of hydrogen-bond acceptors (Lipinski definition) is 3. The molecule has 1 aliphatic rings. The second-order valence-corrected chi connectivity index (χ2v) is 4.11.